The van der Waals surface area contributed by atoms with Gasteiger partial charge in [0.1, 0.15) is 0 Å². The molecule has 0 saturated carbocycles. The van der Waals surface area contributed by atoms with Crippen molar-refractivity contribution in [1.82, 2.24) is 0 Å². The van der Waals surface area contributed by atoms with Crippen molar-refractivity contribution in [3.63, 3.8) is 0 Å². The van der Waals surface area contributed by atoms with E-state index in [1.807, 2.05) is 0 Å². The van der Waals surface area contributed by atoms with Crippen LogP contribution in [0.4, 0.5) is 0 Å². The highest BCUT2D eigenvalue weighted by atomic mass is 31.1. The molecule has 0 aliphatic rings. The average molecular weight is 196 g/mol. The van der Waals surface area contributed by atoms with E-state index in [0.717, 1.165) is 19.1 Å². The van der Waals surface area contributed by atoms with Crippen LogP contribution in [0, 0.1) is 0 Å². The van der Waals surface area contributed by atoms with Gasteiger partial charge in [0, 0.05) is 0 Å². The maximum atomic E-state index is 9.46. The maximum absolute atomic E-state index is 9.46. The van der Waals surface area contributed by atoms with Gasteiger partial charge in [-0.2, -0.15) is 0 Å². The standard InChI is InChI=1S/C6H10O2.H3O3P/c1-2-3-5-8-6-4-7;1-4(2)3/h6H,2-3,5H2,1H3;4H,(H2,1,2,3). The molecule has 12 heavy (non-hydrogen) atoms. The van der Waals surface area contributed by atoms with Gasteiger partial charge in [0.2, 0.25) is 0 Å². The van der Waals surface area contributed by atoms with Gasteiger partial charge in [-0.3, -0.25) is 4.57 Å². The number of rotatable bonds is 4. The second-order valence-electron chi connectivity index (χ2n) is 1.74. The molecule has 0 aromatic carbocycles. The highest BCUT2D eigenvalue weighted by Crippen LogP contribution is 1.98. The summed E-state index contributed by atoms with van der Waals surface area (Å²) in [5.41, 5.74) is 0. The predicted octanol–water partition coefficient (Wildman–Crippen LogP) is 0.509. The predicted molar refractivity (Wildman–Crippen MR) is 44.6 cm³/mol. The summed E-state index contributed by atoms with van der Waals surface area (Å²) >= 11 is 0. The molecule has 0 unspecified atom stereocenters. The Hall–Kier alpha value is -0.600. The Balaban J connectivity index is 0. The lowest BCUT2D eigenvalue weighted by molar-refractivity contribution is 0.246. The van der Waals surface area contributed by atoms with Crippen LogP contribution in [0.2, 0.25) is 0 Å². The van der Waals surface area contributed by atoms with E-state index in [1.165, 1.54) is 5.94 Å². The SMILES string of the molecule is CCCCOC=C=O.O=[PH](O)O. The van der Waals surface area contributed by atoms with E-state index < -0.39 is 8.25 Å². The largest absolute Gasteiger partial charge is 0.490 e. The van der Waals surface area contributed by atoms with Crippen LogP contribution >= 0.6 is 8.25 Å². The van der Waals surface area contributed by atoms with Gasteiger partial charge in [0.25, 0.3) is 0 Å². The van der Waals surface area contributed by atoms with Gasteiger partial charge in [-0.15, -0.1) is 0 Å². The zero-order chi connectivity index (χ0) is 9.82. The van der Waals surface area contributed by atoms with E-state index in [-0.39, 0.29) is 0 Å². The minimum absolute atomic E-state index is 0.631. The smallest absolute Gasteiger partial charge is 0.314 e. The summed E-state index contributed by atoms with van der Waals surface area (Å²) in [5.74, 6) is 1.53. The normalized spacial score (nSPS) is 8.00. The molecule has 72 valence electrons. The number of hydrogen-bond acceptors (Lipinski definition) is 3. The monoisotopic (exact) mass is 196 g/mol. The molecule has 0 atom stereocenters. The average Bonchev–Trinajstić information content (AvgIpc) is 1.97. The molecular weight excluding hydrogens is 183 g/mol. The molecule has 0 radical (unpaired) electrons. The Kier molecular flexibility index (Phi) is 15.1. The van der Waals surface area contributed by atoms with Crippen molar-refractivity contribution in [3.05, 3.63) is 6.26 Å². The van der Waals surface area contributed by atoms with Crippen molar-refractivity contribution in [2.75, 3.05) is 6.61 Å². The second kappa shape index (κ2) is 13.0. The third-order valence-corrected chi connectivity index (χ3v) is 0.747. The van der Waals surface area contributed by atoms with Gasteiger partial charge >= 0.3 is 8.25 Å². The Bertz CT molecular complexity index is 148. The summed E-state index contributed by atoms with van der Waals surface area (Å²) < 4.78 is 13.4. The molecule has 0 bridgehead atoms. The Morgan fingerprint density at radius 3 is 2.42 bits per heavy atom. The Morgan fingerprint density at radius 2 is 2.08 bits per heavy atom. The quantitative estimate of drug-likeness (QED) is 0.296. The summed E-state index contributed by atoms with van der Waals surface area (Å²) in [5, 5.41) is 0. The van der Waals surface area contributed by atoms with Gasteiger partial charge in [-0.25, -0.2) is 4.79 Å². The van der Waals surface area contributed by atoms with Crippen LogP contribution in [-0.4, -0.2) is 22.3 Å². The molecule has 0 spiro atoms. The lowest BCUT2D eigenvalue weighted by Crippen LogP contribution is -1.84. The van der Waals surface area contributed by atoms with Crippen LogP contribution in [0.5, 0.6) is 0 Å². The van der Waals surface area contributed by atoms with Crippen LogP contribution in [0.25, 0.3) is 0 Å². The van der Waals surface area contributed by atoms with Crippen molar-refractivity contribution >= 4 is 14.2 Å². The first-order valence-corrected chi connectivity index (χ1v) is 4.68. The van der Waals surface area contributed by atoms with Crippen LogP contribution in [0.1, 0.15) is 19.8 Å². The van der Waals surface area contributed by atoms with Crippen molar-refractivity contribution in [3.8, 4) is 0 Å². The van der Waals surface area contributed by atoms with Gasteiger partial charge in [0.05, 0.1) is 6.61 Å². The molecule has 0 fully saturated rings. The first-order chi connectivity index (χ1) is 5.65. The molecule has 2 N–H and O–H groups in total. The molecule has 0 rings (SSSR count). The second-order valence-corrected chi connectivity index (χ2v) is 2.31. The molecule has 0 aliphatic carbocycles. The van der Waals surface area contributed by atoms with E-state index in [9.17, 15) is 4.79 Å². The summed E-state index contributed by atoms with van der Waals surface area (Å²) in [6.45, 7) is 2.69. The lowest BCUT2D eigenvalue weighted by atomic mass is 10.4. The van der Waals surface area contributed by atoms with E-state index in [0.29, 0.717) is 6.61 Å². The van der Waals surface area contributed by atoms with E-state index in [2.05, 4.69) is 11.7 Å². The van der Waals surface area contributed by atoms with Crippen LogP contribution in [0.15, 0.2) is 6.26 Å². The molecule has 5 nitrogen and oxygen atoms in total. The fourth-order valence-corrected chi connectivity index (χ4v) is 0.321. The summed E-state index contributed by atoms with van der Waals surface area (Å²) in [6.07, 6.45) is 3.14. The molecule has 0 heterocycles. The molecular formula is C6H13O5P. The van der Waals surface area contributed by atoms with Crippen LogP contribution in [-0.2, 0) is 14.1 Å². The molecule has 6 heteroatoms. The molecule has 0 aliphatic heterocycles. The zero-order valence-electron chi connectivity index (χ0n) is 6.82. The van der Waals surface area contributed by atoms with Crippen molar-refractivity contribution < 1.29 is 23.9 Å². The van der Waals surface area contributed by atoms with Gasteiger partial charge in [0.15, 0.2) is 12.2 Å². The maximum Gasteiger partial charge on any atom is 0.314 e. The van der Waals surface area contributed by atoms with Gasteiger partial charge in [-0.05, 0) is 6.42 Å². The first-order valence-electron chi connectivity index (χ1n) is 3.38. The minimum atomic E-state index is -3.13. The molecule has 0 saturated heterocycles. The van der Waals surface area contributed by atoms with Crippen molar-refractivity contribution in [2.24, 2.45) is 0 Å². The van der Waals surface area contributed by atoms with E-state index in [1.54, 1.807) is 0 Å². The summed E-state index contributed by atoms with van der Waals surface area (Å²) in [4.78, 5) is 23.8. The molecule has 0 amide bonds. The molecule has 0 aromatic heterocycles. The number of carbonyl (C=O) groups excluding carboxylic acids is 1. The Labute approximate surface area is 71.6 Å². The van der Waals surface area contributed by atoms with Crippen molar-refractivity contribution in [2.45, 2.75) is 19.8 Å². The fourth-order valence-electron chi connectivity index (χ4n) is 0.321. The topological polar surface area (TPSA) is 83.8 Å². The fraction of sp³-hybridized carbons (Fsp3) is 0.667. The lowest BCUT2D eigenvalue weighted by Gasteiger charge is -1.92. The molecule has 0 aromatic rings. The van der Waals surface area contributed by atoms with Gasteiger partial charge in [-0.1, -0.05) is 13.3 Å². The zero-order valence-corrected chi connectivity index (χ0v) is 7.82. The van der Waals surface area contributed by atoms with E-state index in [4.69, 9.17) is 14.4 Å². The third-order valence-electron chi connectivity index (χ3n) is 0.747. The van der Waals surface area contributed by atoms with Crippen LogP contribution in [0.3, 0.4) is 0 Å². The summed E-state index contributed by atoms with van der Waals surface area (Å²) in [6, 6.07) is 0. The van der Waals surface area contributed by atoms with E-state index >= 15 is 0 Å². The summed E-state index contributed by atoms with van der Waals surface area (Å²) in [7, 11) is -3.13. The van der Waals surface area contributed by atoms with Crippen LogP contribution < -0.4 is 0 Å². The Morgan fingerprint density at radius 1 is 1.58 bits per heavy atom. The third kappa shape index (κ3) is 34.3. The number of unbranched alkanes of at least 4 members (excludes halogenated alkanes) is 1. The minimum Gasteiger partial charge on any atom is -0.490 e. The first kappa shape index (κ1) is 14.0. The van der Waals surface area contributed by atoms with Crippen molar-refractivity contribution in [1.29, 1.82) is 0 Å². The number of ether oxygens (including phenoxy) is 1. The highest BCUT2D eigenvalue weighted by Gasteiger charge is 1.77. The highest BCUT2D eigenvalue weighted by molar-refractivity contribution is 7.30. The van der Waals surface area contributed by atoms with Gasteiger partial charge < -0.3 is 14.5 Å². The number of hydrogen-bond donors (Lipinski definition) is 2.